The summed E-state index contributed by atoms with van der Waals surface area (Å²) in [5.74, 6) is 2.52. The zero-order valence-corrected chi connectivity index (χ0v) is 9.36. The summed E-state index contributed by atoms with van der Waals surface area (Å²) in [6.07, 6.45) is 3.98. The van der Waals surface area contributed by atoms with E-state index in [0.717, 1.165) is 0 Å². The minimum Gasteiger partial charge on any atom is -0.465 e. The molecule has 4 nitrogen and oxygen atoms in total. The highest BCUT2D eigenvalue weighted by atomic mass is 16.5. The number of carboxylic acid groups (broad SMARTS) is 1. The van der Waals surface area contributed by atoms with Crippen molar-refractivity contribution in [3.8, 4) is 12.3 Å². The largest absolute Gasteiger partial charge is 0.465 e. The Bertz CT molecular complexity index is 287. The van der Waals surface area contributed by atoms with Crippen LogP contribution in [0.4, 0.5) is 4.79 Å². The van der Waals surface area contributed by atoms with Crippen LogP contribution in [-0.2, 0) is 4.74 Å². The molecule has 2 atom stereocenters. The maximum absolute atomic E-state index is 11.1. The van der Waals surface area contributed by atoms with Gasteiger partial charge >= 0.3 is 6.09 Å². The molecule has 84 valence electrons. The first-order valence-electron chi connectivity index (χ1n) is 4.95. The van der Waals surface area contributed by atoms with E-state index in [1.807, 2.05) is 20.8 Å². The molecule has 1 aliphatic heterocycles. The summed E-state index contributed by atoms with van der Waals surface area (Å²) in [5.41, 5.74) is -0.226. The van der Waals surface area contributed by atoms with Crippen molar-refractivity contribution < 1.29 is 14.6 Å². The maximum atomic E-state index is 11.1. The maximum Gasteiger partial charge on any atom is 0.407 e. The molecular formula is C11H17NO3. The molecule has 1 amide bonds. The number of hydrogen-bond donors (Lipinski definition) is 1. The van der Waals surface area contributed by atoms with Crippen molar-refractivity contribution in [3.63, 3.8) is 0 Å². The molecule has 1 rings (SSSR count). The topological polar surface area (TPSA) is 49.8 Å². The molecule has 4 heteroatoms. The Morgan fingerprint density at radius 2 is 2.20 bits per heavy atom. The Balaban J connectivity index is 2.98. The third kappa shape index (κ3) is 2.42. The molecule has 1 heterocycles. The summed E-state index contributed by atoms with van der Waals surface area (Å²) in [4.78, 5) is 12.5. The number of terminal acetylenes is 1. The number of amides is 1. The summed E-state index contributed by atoms with van der Waals surface area (Å²) < 4.78 is 5.41. The monoisotopic (exact) mass is 211 g/mol. The lowest BCUT2D eigenvalue weighted by atomic mass is 9.81. The van der Waals surface area contributed by atoms with Gasteiger partial charge in [-0.2, -0.15) is 0 Å². The molecule has 1 aliphatic rings. The van der Waals surface area contributed by atoms with Gasteiger partial charge in [0.25, 0.3) is 0 Å². The summed E-state index contributed by atoms with van der Waals surface area (Å²) in [5, 5.41) is 9.09. The molecule has 0 aliphatic carbocycles. The molecule has 1 fully saturated rings. The standard InChI is InChI=1S/C11H17NO3/c1-5-8-9(11(2,3)4)12(10(13)14)6-7-15-8/h1,8-9H,6-7H2,2-4H3,(H,13,14)/t8-,9?/m0/s1. The predicted molar refractivity (Wildman–Crippen MR) is 56.5 cm³/mol. The second-order valence-electron chi connectivity index (χ2n) is 4.74. The van der Waals surface area contributed by atoms with E-state index in [1.165, 1.54) is 4.90 Å². The number of rotatable bonds is 0. The molecule has 0 spiro atoms. The molecular weight excluding hydrogens is 194 g/mol. The van der Waals surface area contributed by atoms with E-state index < -0.39 is 12.2 Å². The normalized spacial score (nSPS) is 27.2. The molecule has 1 unspecified atom stereocenters. The molecule has 15 heavy (non-hydrogen) atoms. The smallest absolute Gasteiger partial charge is 0.407 e. The van der Waals surface area contributed by atoms with Crippen LogP contribution < -0.4 is 0 Å². The average molecular weight is 211 g/mol. The lowest BCUT2D eigenvalue weighted by molar-refractivity contribution is -0.0684. The summed E-state index contributed by atoms with van der Waals surface area (Å²) in [6.45, 7) is 6.65. The summed E-state index contributed by atoms with van der Waals surface area (Å²) >= 11 is 0. The number of nitrogens with zero attached hydrogens (tertiary/aromatic N) is 1. The van der Waals surface area contributed by atoms with Crippen LogP contribution in [0.1, 0.15) is 20.8 Å². The van der Waals surface area contributed by atoms with E-state index >= 15 is 0 Å². The van der Waals surface area contributed by atoms with Gasteiger partial charge in [0, 0.05) is 6.54 Å². The Hall–Kier alpha value is -1.21. The number of ether oxygens (including phenoxy) is 1. The zero-order chi connectivity index (χ0) is 11.6. The molecule has 0 aromatic heterocycles. The highest BCUT2D eigenvalue weighted by Crippen LogP contribution is 2.30. The summed E-state index contributed by atoms with van der Waals surface area (Å²) in [7, 11) is 0. The first-order chi connectivity index (χ1) is 6.88. The van der Waals surface area contributed by atoms with Crippen LogP contribution in [-0.4, -0.2) is 41.4 Å². The van der Waals surface area contributed by atoms with Crippen molar-refractivity contribution in [2.45, 2.75) is 32.9 Å². The molecule has 0 radical (unpaired) electrons. The van der Waals surface area contributed by atoms with E-state index in [0.29, 0.717) is 13.2 Å². The number of hydrogen-bond acceptors (Lipinski definition) is 2. The molecule has 1 saturated heterocycles. The van der Waals surface area contributed by atoms with Crippen molar-refractivity contribution in [1.82, 2.24) is 4.90 Å². The Labute approximate surface area is 90.2 Å². The number of morpholine rings is 1. The van der Waals surface area contributed by atoms with Crippen LogP contribution in [0.5, 0.6) is 0 Å². The lowest BCUT2D eigenvalue weighted by Crippen LogP contribution is -2.58. The fourth-order valence-corrected chi connectivity index (χ4v) is 1.95. The third-order valence-electron chi connectivity index (χ3n) is 2.55. The Kier molecular flexibility index (Phi) is 3.25. The average Bonchev–Trinajstić information content (AvgIpc) is 2.15. The van der Waals surface area contributed by atoms with Crippen molar-refractivity contribution in [1.29, 1.82) is 0 Å². The second kappa shape index (κ2) is 4.11. The van der Waals surface area contributed by atoms with Gasteiger partial charge in [0.2, 0.25) is 0 Å². The lowest BCUT2D eigenvalue weighted by Gasteiger charge is -2.44. The highest BCUT2D eigenvalue weighted by molar-refractivity contribution is 5.66. The van der Waals surface area contributed by atoms with Crippen LogP contribution in [0.3, 0.4) is 0 Å². The highest BCUT2D eigenvalue weighted by Gasteiger charge is 2.41. The van der Waals surface area contributed by atoms with E-state index in [9.17, 15) is 4.79 Å². The van der Waals surface area contributed by atoms with Gasteiger partial charge in [0.05, 0.1) is 12.6 Å². The van der Waals surface area contributed by atoms with Crippen LogP contribution >= 0.6 is 0 Å². The van der Waals surface area contributed by atoms with Gasteiger partial charge in [0.1, 0.15) is 6.10 Å². The van der Waals surface area contributed by atoms with E-state index in [4.69, 9.17) is 16.3 Å². The third-order valence-corrected chi connectivity index (χ3v) is 2.55. The molecule has 0 saturated carbocycles. The van der Waals surface area contributed by atoms with Gasteiger partial charge in [-0.15, -0.1) is 6.42 Å². The molecule has 1 N–H and O–H groups in total. The van der Waals surface area contributed by atoms with E-state index in [2.05, 4.69) is 5.92 Å². The van der Waals surface area contributed by atoms with Crippen molar-refractivity contribution in [2.75, 3.05) is 13.2 Å². The molecule has 0 bridgehead atoms. The fourth-order valence-electron chi connectivity index (χ4n) is 1.95. The predicted octanol–water partition coefficient (Wildman–Crippen LogP) is 1.41. The minimum atomic E-state index is -0.932. The van der Waals surface area contributed by atoms with Gasteiger partial charge < -0.3 is 9.84 Å². The molecule has 0 aromatic carbocycles. The van der Waals surface area contributed by atoms with Gasteiger partial charge in [-0.25, -0.2) is 4.79 Å². The van der Waals surface area contributed by atoms with E-state index in [-0.39, 0.29) is 11.5 Å². The zero-order valence-electron chi connectivity index (χ0n) is 9.36. The first-order valence-corrected chi connectivity index (χ1v) is 4.95. The van der Waals surface area contributed by atoms with Gasteiger partial charge in [-0.1, -0.05) is 26.7 Å². The Morgan fingerprint density at radius 1 is 1.60 bits per heavy atom. The SMILES string of the molecule is C#C[C@@H]1OCCN(C(=O)O)C1C(C)(C)C. The second-order valence-corrected chi connectivity index (χ2v) is 4.74. The van der Waals surface area contributed by atoms with Crippen molar-refractivity contribution >= 4 is 6.09 Å². The van der Waals surface area contributed by atoms with Crippen LogP contribution in [0.25, 0.3) is 0 Å². The van der Waals surface area contributed by atoms with Crippen molar-refractivity contribution in [2.24, 2.45) is 5.41 Å². The van der Waals surface area contributed by atoms with Gasteiger partial charge in [-0.3, -0.25) is 4.90 Å². The number of carbonyl (C=O) groups is 1. The summed E-state index contributed by atoms with van der Waals surface area (Å²) in [6, 6.07) is -0.284. The van der Waals surface area contributed by atoms with Gasteiger partial charge in [-0.05, 0) is 5.41 Å². The van der Waals surface area contributed by atoms with E-state index in [1.54, 1.807) is 0 Å². The van der Waals surface area contributed by atoms with Crippen LogP contribution in [0.2, 0.25) is 0 Å². The van der Waals surface area contributed by atoms with Crippen molar-refractivity contribution in [3.05, 3.63) is 0 Å². The Morgan fingerprint density at radius 3 is 2.60 bits per heavy atom. The fraction of sp³-hybridized carbons (Fsp3) is 0.727. The van der Waals surface area contributed by atoms with Crippen LogP contribution in [0, 0.1) is 17.8 Å². The quantitative estimate of drug-likeness (QED) is 0.616. The van der Waals surface area contributed by atoms with Gasteiger partial charge in [0.15, 0.2) is 0 Å². The minimum absolute atomic E-state index is 0.226. The molecule has 0 aromatic rings. The van der Waals surface area contributed by atoms with Crippen LogP contribution in [0.15, 0.2) is 0 Å². The first kappa shape index (κ1) is 11.9.